The van der Waals surface area contributed by atoms with E-state index in [0.717, 1.165) is 17.1 Å². The van der Waals surface area contributed by atoms with Gasteiger partial charge in [-0.1, -0.05) is 19.9 Å². The van der Waals surface area contributed by atoms with E-state index in [-0.39, 0.29) is 17.8 Å². The quantitative estimate of drug-likeness (QED) is 0.627. The fourth-order valence-corrected chi connectivity index (χ4v) is 3.42. The normalized spacial score (nSPS) is 14.9. The maximum atomic E-state index is 13.1. The van der Waals surface area contributed by atoms with Crippen molar-refractivity contribution in [1.82, 2.24) is 14.9 Å². The molecule has 0 aliphatic carbocycles. The van der Waals surface area contributed by atoms with Crippen molar-refractivity contribution in [1.29, 1.82) is 0 Å². The van der Waals surface area contributed by atoms with Crippen molar-refractivity contribution in [3.8, 4) is 5.75 Å². The van der Waals surface area contributed by atoms with Gasteiger partial charge in [-0.25, -0.2) is 0 Å². The zero-order chi connectivity index (χ0) is 21.7. The molecular weight excluding hydrogens is 395 g/mol. The van der Waals surface area contributed by atoms with Crippen molar-refractivity contribution in [2.75, 3.05) is 13.1 Å². The first kappa shape index (κ1) is 21.7. The molecule has 1 amide bonds. The Morgan fingerprint density at radius 3 is 2.60 bits per heavy atom. The number of fused-ring (bicyclic) bond motifs is 1. The number of nitrogens with zero attached hydrogens (tertiary/aromatic N) is 2. The van der Waals surface area contributed by atoms with Crippen molar-refractivity contribution in [2.24, 2.45) is 0 Å². The average molecular weight is 419 g/mol. The van der Waals surface area contributed by atoms with Crippen LogP contribution in [0.4, 0.5) is 13.2 Å². The molecule has 3 aromatic rings. The number of hydrogen-bond acceptors (Lipinski definition) is 3. The molecule has 5 nitrogen and oxygen atoms in total. The number of alkyl halides is 3. The fourth-order valence-electron chi connectivity index (χ4n) is 3.42. The summed E-state index contributed by atoms with van der Waals surface area (Å²) in [5, 5.41) is 1.03. The van der Waals surface area contributed by atoms with Crippen molar-refractivity contribution >= 4 is 16.8 Å². The number of rotatable bonds is 3. The lowest BCUT2D eigenvalue weighted by Crippen LogP contribution is -2.41. The van der Waals surface area contributed by atoms with Crippen LogP contribution in [-0.2, 0) is 6.18 Å². The van der Waals surface area contributed by atoms with Crippen LogP contribution in [-0.4, -0.2) is 40.0 Å². The minimum absolute atomic E-state index is 0.0881. The Kier molecular flexibility index (Phi) is 6.64. The third-order valence-corrected chi connectivity index (χ3v) is 4.91. The predicted molar refractivity (Wildman–Crippen MR) is 108 cm³/mol. The largest absolute Gasteiger partial charge is 0.490 e. The molecule has 0 radical (unpaired) electrons. The van der Waals surface area contributed by atoms with Gasteiger partial charge in [0.1, 0.15) is 17.4 Å². The molecule has 1 aromatic carbocycles. The minimum Gasteiger partial charge on any atom is -0.490 e. The topological polar surface area (TPSA) is 58.2 Å². The number of carbonyl (C=O) groups excluding carboxylic acids is 1. The fraction of sp³-hybridized carbons (Fsp3) is 0.364. The summed E-state index contributed by atoms with van der Waals surface area (Å²) in [7, 11) is 0. The summed E-state index contributed by atoms with van der Waals surface area (Å²) in [6, 6.07) is 8.64. The van der Waals surface area contributed by atoms with Gasteiger partial charge in [0.05, 0.1) is 0 Å². The van der Waals surface area contributed by atoms with Gasteiger partial charge in [-0.2, -0.15) is 13.2 Å². The van der Waals surface area contributed by atoms with E-state index in [0.29, 0.717) is 31.5 Å². The number of halogens is 3. The lowest BCUT2D eigenvalue weighted by Gasteiger charge is -2.32. The van der Waals surface area contributed by atoms with Crippen LogP contribution in [0.2, 0.25) is 0 Å². The van der Waals surface area contributed by atoms with E-state index in [1.54, 1.807) is 11.0 Å². The highest BCUT2D eigenvalue weighted by atomic mass is 19.4. The number of ether oxygens (including phenoxy) is 1. The maximum Gasteiger partial charge on any atom is 0.421 e. The van der Waals surface area contributed by atoms with Gasteiger partial charge in [-0.3, -0.25) is 9.78 Å². The summed E-state index contributed by atoms with van der Waals surface area (Å²) in [4.78, 5) is 21.1. The van der Waals surface area contributed by atoms with E-state index in [4.69, 9.17) is 4.74 Å². The number of hydrogen-bond donors (Lipinski definition) is 1. The number of aromatic nitrogens is 2. The van der Waals surface area contributed by atoms with Gasteiger partial charge in [-0.05, 0) is 29.7 Å². The van der Waals surface area contributed by atoms with E-state index >= 15 is 0 Å². The molecule has 0 saturated carbocycles. The molecule has 1 N–H and O–H groups in total. The highest BCUT2D eigenvalue weighted by Crippen LogP contribution is 2.36. The molecule has 2 aromatic heterocycles. The van der Waals surface area contributed by atoms with Crippen LogP contribution in [0.15, 0.2) is 48.9 Å². The first-order valence-electron chi connectivity index (χ1n) is 9.96. The van der Waals surface area contributed by atoms with Crippen LogP contribution in [0.5, 0.6) is 5.75 Å². The second kappa shape index (κ2) is 9.19. The van der Waals surface area contributed by atoms with Gasteiger partial charge in [0.25, 0.3) is 5.91 Å². The van der Waals surface area contributed by atoms with Crippen molar-refractivity contribution in [2.45, 2.75) is 39.0 Å². The van der Waals surface area contributed by atoms with Crippen LogP contribution < -0.4 is 4.74 Å². The SMILES string of the molecule is CC.O=C(c1ccc2cc[nH]c2c1)N1CCC(Oc2ccncc2C(F)(F)F)CC1. The molecule has 0 spiro atoms. The standard InChI is InChI=1S/C20H18F3N3O2.C2H6/c21-20(22,23)16-12-24-7-4-18(16)28-15-5-9-26(10-6-15)19(27)14-2-1-13-3-8-25-17(13)11-14;1-2/h1-4,7-8,11-12,15,25H,5-6,9-10H2;1-2H3. The summed E-state index contributed by atoms with van der Waals surface area (Å²) in [5.41, 5.74) is 0.594. The number of pyridine rings is 1. The molecule has 4 rings (SSSR count). The van der Waals surface area contributed by atoms with Crippen LogP contribution in [0, 0.1) is 0 Å². The van der Waals surface area contributed by atoms with Gasteiger partial charge >= 0.3 is 6.18 Å². The number of carbonyl (C=O) groups is 1. The van der Waals surface area contributed by atoms with Crippen molar-refractivity contribution in [3.05, 3.63) is 60.0 Å². The molecule has 0 bridgehead atoms. The van der Waals surface area contributed by atoms with Crippen LogP contribution in [0.1, 0.15) is 42.6 Å². The lowest BCUT2D eigenvalue weighted by atomic mass is 10.1. The van der Waals surface area contributed by atoms with Crippen molar-refractivity contribution in [3.63, 3.8) is 0 Å². The highest BCUT2D eigenvalue weighted by Gasteiger charge is 2.35. The van der Waals surface area contributed by atoms with E-state index in [2.05, 4.69) is 9.97 Å². The third-order valence-electron chi connectivity index (χ3n) is 4.91. The summed E-state index contributed by atoms with van der Waals surface area (Å²) in [6.07, 6.45) is -0.0950. The Hall–Kier alpha value is -3.03. The average Bonchev–Trinajstić information content (AvgIpc) is 3.23. The molecule has 1 aliphatic heterocycles. The van der Waals surface area contributed by atoms with Crippen LogP contribution in [0.3, 0.4) is 0 Å². The van der Waals surface area contributed by atoms with Gasteiger partial charge in [-0.15, -0.1) is 0 Å². The number of amides is 1. The number of nitrogens with one attached hydrogen (secondary N) is 1. The zero-order valence-corrected chi connectivity index (χ0v) is 16.9. The van der Waals surface area contributed by atoms with Gasteiger partial charge in [0.2, 0.25) is 0 Å². The number of likely N-dealkylation sites (tertiary alicyclic amines) is 1. The van der Waals surface area contributed by atoms with Gasteiger partial charge < -0.3 is 14.6 Å². The lowest BCUT2D eigenvalue weighted by molar-refractivity contribution is -0.139. The Bertz CT molecular complexity index is 992. The summed E-state index contributed by atoms with van der Waals surface area (Å²) in [6.45, 7) is 4.86. The summed E-state index contributed by atoms with van der Waals surface area (Å²) in [5.74, 6) is -0.306. The molecule has 1 saturated heterocycles. The monoisotopic (exact) mass is 419 g/mol. The molecule has 0 atom stereocenters. The molecular formula is C22H24F3N3O2. The number of aromatic amines is 1. The molecule has 0 unspecified atom stereocenters. The zero-order valence-electron chi connectivity index (χ0n) is 16.9. The van der Waals surface area contributed by atoms with Crippen LogP contribution in [0.25, 0.3) is 10.9 Å². The predicted octanol–water partition coefficient (Wildman–Crippen LogP) is 5.29. The van der Waals surface area contributed by atoms with Gasteiger partial charge in [0.15, 0.2) is 0 Å². The number of H-pyrrole nitrogens is 1. The van der Waals surface area contributed by atoms with Gasteiger partial charge in [0, 0.05) is 55.6 Å². The van der Waals surface area contributed by atoms with E-state index in [1.807, 2.05) is 38.2 Å². The molecule has 3 heterocycles. The number of benzene rings is 1. The van der Waals surface area contributed by atoms with Crippen LogP contribution >= 0.6 is 0 Å². The van der Waals surface area contributed by atoms with E-state index < -0.39 is 11.7 Å². The first-order chi connectivity index (χ1) is 14.4. The smallest absolute Gasteiger partial charge is 0.421 e. The molecule has 30 heavy (non-hydrogen) atoms. The Labute approximate surface area is 172 Å². The second-order valence-corrected chi connectivity index (χ2v) is 6.76. The molecule has 160 valence electrons. The Morgan fingerprint density at radius 2 is 1.90 bits per heavy atom. The molecule has 1 aliphatic rings. The number of piperidine rings is 1. The Balaban J connectivity index is 0.00000124. The minimum atomic E-state index is -4.52. The molecule has 1 fully saturated rings. The first-order valence-corrected chi connectivity index (χ1v) is 9.96. The third kappa shape index (κ3) is 4.75. The summed E-state index contributed by atoms with van der Waals surface area (Å²) < 4.78 is 44.8. The Morgan fingerprint density at radius 1 is 1.17 bits per heavy atom. The highest BCUT2D eigenvalue weighted by molar-refractivity contribution is 5.98. The van der Waals surface area contributed by atoms with E-state index in [1.165, 1.54) is 12.3 Å². The second-order valence-electron chi connectivity index (χ2n) is 6.76. The van der Waals surface area contributed by atoms with Crippen molar-refractivity contribution < 1.29 is 22.7 Å². The molecule has 8 heteroatoms. The van der Waals surface area contributed by atoms with E-state index in [9.17, 15) is 18.0 Å². The summed E-state index contributed by atoms with van der Waals surface area (Å²) >= 11 is 0. The maximum absolute atomic E-state index is 13.1.